The number of hydrogen-bond donors (Lipinski definition) is 2. The Hall–Kier alpha value is -2.40. The molecule has 2 saturated carbocycles. The van der Waals surface area contributed by atoms with E-state index in [1.54, 1.807) is 26.0 Å². The van der Waals surface area contributed by atoms with Crippen LogP contribution in [0.1, 0.15) is 46.5 Å². The van der Waals surface area contributed by atoms with Crippen LogP contribution in [0.2, 0.25) is 0 Å². The number of ketones is 2. The molecule has 7 fully saturated rings. The minimum atomic E-state index is -2.24. The first-order valence-electron chi connectivity index (χ1n) is 13.5. The topological polar surface area (TPSA) is 146 Å². The van der Waals surface area contributed by atoms with Gasteiger partial charge in [-0.3, -0.25) is 14.4 Å². The van der Waals surface area contributed by atoms with E-state index in [1.807, 2.05) is 6.92 Å². The van der Waals surface area contributed by atoms with Gasteiger partial charge in [0.1, 0.15) is 6.10 Å². The molecule has 8 rings (SSSR count). The van der Waals surface area contributed by atoms with Gasteiger partial charge >= 0.3 is 11.9 Å². The van der Waals surface area contributed by atoms with Gasteiger partial charge in [0.15, 0.2) is 28.4 Å². The van der Waals surface area contributed by atoms with Crippen LogP contribution in [0.25, 0.3) is 0 Å². The van der Waals surface area contributed by atoms with Crippen LogP contribution in [0.3, 0.4) is 0 Å². The molecule has 5 saturated heterocycles. The van der Waals surface area contributed by atoms with E-state index < -0.39 is 87.0 Å². The van der Waals surface area contributed by atoms with Gasteiger partial charge in [-0.2, -0.15) is 0 Å². The number of carbonyl (C=O) groups is 4. The van der Waals surface area contributed by atoms with Crippen molar-refractivity contribution in [1.29, 1.82) is 0 Å². The van der Waals surface area contributed by atoms with Crippen molar-refractivity contribution < 1.29 is 48.3 Å². The SMILES string of the molecule is C[C@]12C(=O)C=CC=C1[C@@H](O)C[C@H]1[C@@H]2CC[C@@]2(O)C(=O)O[C@@]3(C)[C@H]4C[C@]5(C)[C@@H](CO[C@@]16O[C@]23[C@H]5C6=O)C(=O)O4. The second-order valence-electron chi connectivity index (χ2n) is 13.2. The van der Waals surface area contributed by atoms with Gasteiger partial charge in [-0.1, -0.05) is 19.1 Å². The Labute approximate surface area is 218 Å². The number of fused-ring (bicyclic) bond motifs is 5. The van der Waals surface area contributed by atoms with E-state index in [0.29, 0.717) is 5.57 Å². The fraction of sp³-hybridized carbons (Fsp3) is 0.714. The highest BCUT2D eigenvalue weighted by Gasteiger charge is 2.93. The molecule has 5 bridgehead atoms. The molecule has 0 aromatic rings. The zero-order valence-corrected chi connectivity index (χ0v) is 21.4. The largest absolute Gasteiger partial charge is 0.458 e. The fourth-order valence-corrected chi connectivity index (χ4v) is 10.1. The third-order valence-electron chi connectivity index (χ3n) is 12.0. The van der Waals surface area contributed by atoms with E-state index in [1.165, 1.54) is 6.08 Å². The Morgan fingerprint density at radius 1 is 1.08 bits per heavy atom. The molecule has 10 heteroatoms. The standard InChI is InChI=1S/C28H30O10/c1-23-10-18-25(3)28-19(23)20(31)27(38-28,35-11-15(23)21(32)36-18)14-9-16(29)13-5-4-6-17(30)24(13,2)12(14)7-8-26(28,34)22(33)37-25/h4-6,12,14-16,18-19,29,34H,7-11H2,1-3H3/t12-,14-,15-,16-,18+,19-,23+,24+,25-,26+,27+,28-/m0/s1. The third kappa shape index (κ3) is 2.00. The van der Waals surface area contributed by atoms with Gasteiger partial charge in [-0.05, 0) is 62.5 Å². The van der Waals surface area contributed by atoms with Crippen LogP contribution in [-0.2, 0) is 38.1 Å². The summed E-state index contributed by atoms with van der Waals surface area (Å²) in [4.78, 5) is 55.3. The van der Waals surface area contributed by atoms with Crippen molar-refractivity contribution in [3.63, 3.8) is 0 Å². The van der Waals surface area contributed by atoms with E-state index in [2.05, 4.69) is 0 Å². The van der Waals surface area contributed by atoms with Crippen LogP contribution >= 0.6 is 0 Å². The highest BCUT2D eigenvalue weighted by atomic mass is 16.8. The number of aliphatic hydroxyl groups excluding tert-OH is 1. The van der Waals surface area contributed by atoms with Crippen molar-refractivity contribution >= 4 is 23.5 Å². The molecule has 8 aliphatic rings. The normalized spacial score (nSPS) is 59.2. The van der Waals surface area contributed by atoms with Crippen LogP contribution in [0.15, 0.2) is 23.8 Å². The molecule has 5 aliphatic heterocycles. The van der Waals surface area contributed by atoms with Crippen molar-refractivity contribution in [3.8, 4) is 0 Å². The zero-order valence-electron chi connectivity index (χ0n) is 21.4. The second-order valence-corrected chi connectivity index (χ2v) is 13.2. The third-order valence-corrected chi connectivity index (χ3v) is 12.0. The molecule has 5 heterocycles. The van der Waals surface area contributed by atoms with E-state index in [4.69, 9.17) is 18.9 Å². The average molecular weight is 527 g/mol. The molecule has 2 N–H and O–H groups in total. The van der Waals surface area contributed by atoms with Crippen molar-refractivity contribution in [1.82, 2.24) is 0 Å². The Kier molecular flexibility index (Phi) is 3.91. The first kappa shape index (κ1) is 23.5. The summed E-state index contributed by atoms with van der Waals surface area (Å²) >= 11 is 0. The number of rotatable bonds is 0. The second kappa shape index (κ2) is 6.32. The van der Waals surface area contributed by atoms with Gasteiger partial charge in [-0.25, -0.2) is 4.79 Å². The van der Waals surface area contributed by atoms with Crippen molar-refractivity contribution in [3.05, 3.63) is 23.8 Å². The lowest BCUT2D eigenvalue weighted by Crippen LogP contribution is -2.79. The molecule has 10 nitrogen and oxygen atoms in total. The summed E-state index contributed by atoms with van der Waals surface area (Å²) in [5.74, 6) is -7.45. The van der Waals surface area contributed by atoms with Crippen molar-refractivity contribution in [2.45, 2.75) is 81.3 Å². The molecule has 0 aromatic heterocycles. The van der Waals surface area contributed by atoms with Crippen LogP contribution in [-0.4, -0.2) is 75.1 Å². The lowest BCUT2D eigenvalue weighted by atomic mass is 9.46. The van der Waals surface area contributed by atoms with Gasteiger partial charge in [0.25, 0.3) is 0 Å². The summed E-state index contributed by atoms with van der Waals surface area (Å²) < 4.78 is 25.0. The van der Waals surface area contributed by atoms with Gasteiger partial charge in [-0.15, -0.1) is 0 Å². The van der Waals surface area contributed by atoms with E-state index in [0.717, 1.165) is 0 Å². The number of Topliss-reactive ketones (excluding diaryl/α,β-unsaturated/α-hetero) is 1. The van der Waals surface area contributed by atoms with E-state index in [9.17, 15) is 29.4 Å². The minimum absolute atomic E-state index is 0.0843. The molecule has 202 valence electrons. The zero-order chi connectivity index (χ0) is 26.8. The summed E-state index contributed by atoms with van der Waals surface area (Å²) in [7, 11) is 0. The quantitative estimate of drug-likeness (QED) is 0.429. The first-order chi connectivity index (χ1) is 17.8. The monoisotopic (exact) mass is 526 g/mol. The van der Waals surface area contributed by atoms with Gasteiger partial charge in [0.05, 0.1) is 30.0 Å². The number of allylic oxidation sites excluding steroid dienone is 3. The lowest BCUT2D eigenvalue weighted by molar-refractivity contribution is -0.376. The maximum absolute atomic E-state index is 14.9. The maximum atomic E-state index is 14.9. The predicted molar refractivity (Wildman–Crippen MR) is 124 cm³/mol. The first-order valence-corrected chi connectivity index (χ1v) is 13.5. The highest BCUT2D eigenvalue weighted by Crippen LogP contribution is 2.75. The molecular weight excluding hydrogens is 496 g/mol. The number of ether oxygens (including phenoxy) is 4. The molecule has 0 aromatic carbocycles. The van der Waals surface area contributed by atoms with Crippen LogP contribution < -0.4 is 0 Å². The molecule has 0 radical (unpaired) electrons. The fourth-order valence-electron chi connectivity index (χ4n) is 10.1. The number of carbonyl (C=O) groups excluding carboxylic acids is 4. The highest BCUT2D eigenvalue weighted by molar-refractivity contribution is 6.01. The van der Waals surface area contributed by atoms with Crippen LogP contribution in [0.4, 0.5) is 0 Å². The number of hydrogen-bond acceptors (Lipinski definition) is 10. The van der Waals surface area contributed by atoms with E-state index >= 15 is 0 Å². The van der Waals surface area contributed by atoms with Crippen LogP contribution in [0.5, 0.6) is 0 Å². The van der Waals surface area contributed by atoms with E-state index in [-0.39, 0.29) is 38.1 Å². The van der Waals surface area contributed by atoms with Gasteiger partial charge in [0, 0.05) is 5.92 Å². The van der Waals surface area contributed by atoms with Crippen molar-refractivity contribution in [2.24, 2.45) is 34.5 Å². The Morgan fingerprint density at radius 2 is 1.84 bits per heavy atom. The Morgan fingerprint density at radius 3 is 2.61 bits per heavy atom. The van der Waals surface area contributed by atoms with Gasteiger partial charge in [0.2, 0.25) is 5.79 Å². The molecular formula is C28H30O10. The molecule has 3 aliphatic carbocycles. The summed E-state index contributed by atoms with van der Waals surface area (Å²) in [5, 5.41) is 23.7. The lowest BCUT2D eigenvalue weighted by Gasteiger charge is -2.63. The summed E-state index contributed by atoms with van der Waals surface area (Å²) in [6.07, 6.45) is 3.22. The summed E-state index contributed by atoms with van der Waals surface area (Å²) in [5.41, 5.74) is -7.44. The summed E-state index contributed by atoms with van der Waals surface area (Å²) in [6, 6.07) is 0. The number of aliphatic hydroxyl groups is 2. The molecule has 2 spiro atoms. The van der Waals surface area contributed by atoms with Crippen molar-refractivity contribution in [2.75, 3.05) is 6.61 Å². The average Bonchev–Trinajstić information content (AvgIpc) is 3.17. The minimum Gasteiger partial charge on any atom is -0.458 e. The summed E-state index contributed by atoms with van der Waals surface area (Å²) in [6.45, 7) is 4.98. The smallest absolute Gasteiger partial charge is 0.342 e. The Bertz CT molecular complexity index is 1330. The predicted octanol–water partition coefficient (Wildman–Crippen LogP) is 0.528. The maximum Gasteiger partial charge on any atom is 0.342 e. The molecule has 38 heavy (non-hydrogen) atoms. The molecule has 0 amide bonds. The van der Waals surface area contributed by atoms with Crippen LogP contribution in [0, 0.1) is 34.5 Å². The molecule has 12 atom stereocenters. The van der Waals surface area contributed by atoms with Gasteiger partial charge < -0.3 is 29.2 Å². The Balaban J connectivity index is 1.43. The number of esters is 2. The molecule has 0 unspecified atom stereocenters.